The van der Waals surface area contributed by atoms with Crippen molar-refractivity contribution >= 4 is 11.9 Å². The first kappa shape index (κ1) is 18.5. The highest BCUT2D eigenvalue weighted by molar-refractivity contribution is 5.87. The largest absolute Gasteiger partial charge is 0.351 e. The Morgan fingerprint density at radius 3 is 2.50 bits per heavy atom. The molecule has 0 unspecified atom stereocenters. The van der Waals surface area contributed by atoms with E-state index in [1.54, 1.807) is 11.6 Å². The zero-order valence-corrected chi connectivity index (χ0v) is 15.6. The highest BCUT2D eigenvalue weighted by Gasteiger charge is 2.36. The molecule has 0 saturated carbocycles. The molecule has 2 aliphatic rings. The molecule has 26 heavy (non-hydrogen) atoms. The monoisotopic (exact) mass is 364 g/mol. The van der Waals surface area contributed by atoms with Crippen LogP contribution in [-0.2, 0) is 24.8 Å². The van der Waals surface area contributed by atoms with Crippen LogP contribution in [0.5, 0.6) is 0 Å². The summed E-state index contributed by atoms with van der Waals surface area (Å²) < 4.78 is 3.09. The van der Waals surface area contributed by atoms with Gasteiger partial charge in [0, 0.05) is 39.6 Å². The number of likely N-dealkylation sites (tertiary alicyclic amines) is 2. The summed E-state index contributed by atoms with van der Waals surface area (Å²) >= 11 is 0. The van der Waals surface area contributed by atoms with Crippen molar-refractivity contribution < 1.29 is 9.59 Å². The summed E-state index contributed by atoms with van der Waals surface area (Å²) in [6.07, 6.45) is 4.03. The second-order valence-electron chi connectivity index (χ2n) is 7.23. The zero-order chi connectivity index (χ0) is 18.8. The third-order valence-corrected chi connectivity index (χ3v) is 5.62. The molecular weight excluding hydrogens is 336 g/mol. The number of carbonyl (C=O) groups is 2. The Morgan fingerprint density at radius 2 is 1.88 bits per heavy atom. The second-order valence-corrected chi connectivity index (χ2v) is 7.23. The van der Waals surface area contributed by atoms with Gasteiger partial charge in [-0.2, -0.15) is 5.10 Å². The highest BCUT2D eigenvalue weighted by atomic mass is 16.2. The average molecular weight is 364 g/mol. The van der Waals surface area contributed by atoms with Crippen LogP contribution < -0.4 is 11.4 Å². The number of hydrogen-bond donors (Lipinski definition) is 1. The molecule has 3 amide bonds. The SMILES string of the molecule is CCn1c(CC2CCN(C(=O)[C@@H]3CCCN3C(N)=O)CC2)nn(C)c1=O. The molecule has 3 rings (SSSR count). The Kier molecular flexibility index (Phi) is 5.33. The molecule has 1 aromatic heterocycles. The number of rotatable bonds is 4. The number of amides is 3. The second kappa shape index (κ2) is 7.51. The van der Waals surface area contributed by atoms with Crippen LogP contribution in [0.3, 0.4) is 0 Å². The van der Waals surface area contributed by atoms with E-state index in [9.17, 15) is 14.4 Å². The maximum absolute atomic E-state index is 12.7. The number of nitrogens with zero attached hydrogens (tertiary/aromatic N) is 5. The zero-order valence-electron chi connectivity index (χ0n) is 15.6. The topological polar surface area (TPSA) is 106 Å². The standard InChI is InChI=1S/C17H28N6O3/c1-3-22-14(19-20(2)17(22)26)11-12-6-9-21(10-7-12)15(24)13-5-4-8-23(13)16(18)25/h12-13H,3-11H2,1-2H3,(H2,18,25)/t13-/m0/s1. The summed E-state index contributed by atoms with van der Waals surface area (Å²) in [7, 11) is 1.67. The van der Waals surface area contributed by atoms with E-state index in [1.807, 2.05) is 11.8 Å². The van der Waals surface area contributed by atoms with E-state index in [0.717, 1.165) is 31.5 Å². The first-order valence-electron chi connectivity index (χ1n) is 9.40. The molecule has 1 atom stereocenters. The molecule has 0 aromatic carbocycles. The fourth-order valence-electron chi connectivity index (χ4n) is 4.14. The molecule has 144 valence electrons. The summed E-state index contributed by atoms with van der Waals surface area (Å²) in [5.74, 6) is 1.24. The summed E-state index contributed by atoms with van der Waals surface area (Å²) in [4.78, 5) is 39.6. The lowest BCUT2D eigenvalue weighted by molar-refractivity contribution is -0.136. The molecule has 0 radical (unpaired) electrons. The maximum Gasteiger partial charge on any atom is 0.345 e. The van der Waals surface area contributed by atoms with Crippen LogP contribution >= 0.6 is 0 Å². The van der Waals surface area contributed by atoms with Crippen LogP contribution in [0.1, 0.15) is 38.4 Å². The molecule has 2 fully saturated rings. The Balaban J connectivity index is 1.58. The van der Waals surface area contributed by atoms with Crippen LogP contribution in [-0.4, -0.2) is 61.8 Å². The average Bonchev–Trinajstić information content (AvgIpc) is 3.21. The number of primary amides is 1. The number of nitrogens with two attached hydrogens (primary N) is 1. The third-order valence-electron chi connectivity index (χ3n) is 5.62. The van der Waals surface area contributed by atoms with Crippen LogP contribution in [0.25, 0.3) is 0 Å². The van der Waals surface area contributed by atoms with E-state index >= 15 is 0 Å². The number of piperidine rings is 1. The minimum atomic E-state index is -0.511. The van der Waals surface area contributed by atoms with E-state index in [0.29, 0.717) is 38.5 Å². The van der Waals surface area contributed by atoms with Crippen LogP contribution in [0.2, 0.25) is 0 Å². The first-order chi connectivity index (χ1) is 12.4. The molecule has 9 nitrogen and oxygen atoms in total. The molecule has 3 heterocycles. The number of hydrogen-bond acceptors (Lipinski definition) is 4. The summed E-state index contributed by atoms with van der Waals surface area (Å²) in [6, 6.07) is -0.909. The van der Waals surface area contributed by atoms with Gasteiger partial charge in [0.25, 0.3) is 0 Å². The summed E-state index contributed by atoms with van der Waals surface area (Å²) in [6.45, 7) is 4.48. The predicted molar refractivity (Wildman–Crippen MR) is 95.5 cm³/mol. The van der Waals surface area contributed by atoms with Crippen molar-refractivity contribution in [2.75, 3.05) is 19.6 Å². The van der Waals surface area contributed by atoms with Crippen molar-refractivity contribution in [3.05, 3.63) is 16.3 Å². The Bertz CT molecular complexity index is 731. The Labute approximate surface area is 152 Å². The van der Waals surface area contributed by atoms with Crippen LogP contribution in [0, 0.1) is 5.92 Å². The van der Waals surface area contributed by atoms with E-state index in [2.05, 4.69) is 5.10 Å². The predicted octanol–water partition coefficient (Wildman–Crippen LogP) is -0.0741. The molecule has 0 aliphatic carbocycles. The van der Waals surface area contributed by atoms with Gasteiger partial charge in [0.05, 0.1) is 0 Å². The minimum absolute atomic E-state index is 0.0167. The number of urea groups is 1. The van der Waals surface area contributed by atoms with Crippen molar-refractivity contribution in [3.8, 4) is 0 Å². The smallest absolute Gasteiger partial charge is 0.345 e. The molecule has 2 saturated heterocycles. The molecule has 0 bridgehead atoms. The fraction of sp³-hybridized carbons (Fsp3) is 0.765. The van der Waals surface area contributed by atoms with Gasteiger partial charge in [-0.25, -0.2) is 14.3 Å². The van der Waals surface area contributed by atoms with E-state index in [4.69, 9.17) is 5.73 Å². The lowest BCUT2D eigenvalue weighted by Gasteiger charge is -2.35. The highest BCUT2D eigenvalue weighted by Crippen LogP contribution is 2.24. The number of aryl methyl sites for hydroxylation is 1. The third kappa shape index (κ3) is 3.47. The van der Waals surface area contributed by atoms with Gasteiger partial charge in [0.2, 0.25) is 5.91 Å². The van der Waals surface area contributed by atoms with Crippen LogP contribution in [0.4, 0.5) is 4.79 Å². The number of carbonyl (C=O) groups excluding carboxylic acids is 2. The van der Waals surface area contributed by atoms with Gasteiger partial charge in [0.1, 0.15) is 11.9 Å². The quantitative estimate of drug-likeness (QED) is 0.807. The number of aromatic nitrogens is 3. The maximum atomic E-state index is 12.7. The molecule has 2 N–H and O–H groups in total. The summed E-state index contributed by atoms with van der Waals surface area (Å²) in [5.41, 5.74) is 5.30. The van der Waals surface area contributed by atoms with Crippen molar-refractivity contribution in [2.45, 2.75) is 51.6 Å². The van der Waals surface area contributed by atoms with Gasteiger partial charge >= 0.3 is 11.7 Å². The normalized spacial score (nSPS) is 21.4. The Morgan fingerprint density at radius 1 is 1.19 bits per heavy atom. The van der Waals surface area contributed by atoms with Crippen molar-refractivity contribution in [3.63, 3.8) is 0 Å². The van der Waals surface area contributed by atoms with Gasteiger partial charge in [-0.1, -0.05) is 0 Å². The van der Waals surface area contributed by atoms with Crippen molar-refractivity contribution in [2.24, 2.45) is 18.7 Å². The molecule has 2 aliphatic heterocycles. The van der Waals surface area contributed by atoms with E-state index in [-0.39, 0.29) is 11.6 Å². The lowest BCUT2D eigenvalue weighted by atomic mass is 9.92. The molecule has 1 aromatic rings. The summed E-state index contributed by atoms with van der Waals surface area (Å²) in [5, 5.41) is 4.35. The molecule has 9 heteroatoms. The molecule has 0 spiro atoms. The van der Waals surface area contributed by atoms with Gasteiger partial charge in [-0.15, -0.1) is 0 Å². The van der Waals surface area contributed by atoms with Gasteiger partial charge in [-0.3, -0.25) is 9.36 Å². The van der Waals surface area contributed by atoms with E-state index < -0.39 is 12.1 Å². The van der Waals surface area contributed by atoms with Gasteiger partial charge in [0.15, 0.2) is 0 Å². The fourth-order valence-corrected chi connectivity index (χ4v) is 4.14. The minimum Gasteiger partial charge on any atom is -0.351 e. The van der Waals surface area contributed by atoms with Crippen molar-refractivity contribution in [1.29, 1.82) is 0 Å². The lowest BCUT2D eigenvalue weighted by Crippen LogP contribution is -2.51. The van der Waals surface area contributed by atoms with Crippen LogP contribution in [0.15, 0.2) is 4.79 Å². The van der Waals surface area contributed by atoms with Gasteiger partial charge in [-0.05, 0) is 38.5 Å². The van der Waals surface area contributed by atoms with E-state index in [1.165, 1.54) is 9.58 Å². The molecular formula is C17H28N6O3. The van der Waals surface area contributed by atoms with Crippen molar-refractivity contribution in [1.82, 2.24) is 24.1 Å². The Hall–Kier alpha value is -2.32. The first-order valence-corrected chi connectivity index (χ1v) is 9.40. The van der Waals surface area contributed by atoms with Gasteiger partial charge < -0.3 is 15.5 Å².